The molecule has 0 amide bonds. The Balaban J connectivity index is 2.08. The number of nitrogens with one attached hydrogen (secondary N) is 1. The number of benzene rings is 1. The Morgan fingerprint density at radius 1 is 1.33 bits per heavy atom. The highest BCUT2D eigenvalue weighted by molar-refractivity contribution is 9.10. The van der Waals surface area contributed by atoms with Gasteiger partial charge >= 0.3 is 0 Å². The first-order valence-electron chi connectivity index (χ1n) is 5.86. The van der Waals surface area contributed by atoms with Gasteiger partial charge < -0.3 is 9.52 Å². The molecule has 0 saturated heterocycles. The minimum absolute atomic E-state index is 0.00581. The number of aliphatic hydroxyl groups is 1. The number of hydrogen-bond acceptors (Lipinski definition) is 3. The van der Waals surface area contributed by atoms with Gasteiger partial charge in [-0.05, 0) is 36.8 Å². The minimum Gasteiger partial charge on any atom is -0.468 e. The zero-order valence-corrected chi connectivity index (χ0v) is 11.7. The van der Waals surface area contributed by atoms with E-state index in [1.165, 1.54) is 0 Å². The summed E-state index contributed by atoms with van der Waals surface area (Å²) in [5.41, 5.74) is 1.16. The van der Waals surface area contributed by atoms with Gasteiger partial charge in [-0.2, -0.15) is 0 Å². The van der Waals surface area contributed by atoms with Crippen LogP contribution in [0.25, 0.3) is 0 Å². The Kier molecular flexibility index (Phi) is 4.58. The maximum Gasteiger partial charge on any atom is 0.123 e. The van der Waals surface area contributed by atoms with Gasteiger partial charge in [-0.15, -0.1) is 0 Å². The Hall–Kier alpha value is -1.10. The summed E-state index contributed by atoms with van der Waals surface area (Å²) < 4.78 is 6.36. The van der Waals surface area contributed by atoms with E-state index in [0.717, 1.165) is 15.8 Å². The van der Waals surface area contributed by atoms with E-state index in [2.05, 4.69) is 40.3 Å². The van der Waals surface area contributed by atoms with Crippen molar-refractivity contribution < 1.29 is 9.52 Å². The lowest BCUT2D eigenvalue weighted by Gasteiger charge is -2.20. The molecule has 18 heavy (non-hydrogen) atoms. The SMILES string of the molecule is CC(NC(CO)c1ccco1)c1cccc(Br)c1. The van der Waals surface area contributed by atoms with Crippen LogP contribution < -0.4 is 5.32 Å². The van der Waals surface area contributed by atoms with Crippen molar-refractivity contribution in [2.75, 3.05) is 6.61 Å². The van der Waals surface area contributed by atoms with Crippen molar-refractivity contribution in [1.29, 1.82) is 0 Å². The Labute approximate surface area is 115 Å². The first kappa shape index (κ1) is 13.3. The second-order valence-corrected chi connectivity index (χ2v) is 5.11. The topological polar surface area (TPSA) is 45.4 Å². The standard InChI is InChI=1S/C14H16BrNO2/c1-10(11-4-2-5-12(15)8-11)16-13(9-17)14-6-3-7-18-14/h2-8,10,13,16-17H,9H2,1H3. The predicted octanol–water partition coefficient (Wildman–Crippen LogP) is 3.43. The number of aliphatic hydroxyl groups excluding tert-OH is 1. The second kappa shape index (κ2) is 6.18. The van der Waals surface area contributed by atoms with Crippen molar-refractivity contribution >= 4 is 15.9 Å². The van der Waals surface area contributed by atoms with Crippen molar-refractivity contribution in [1.82, 2.24) is 5.32 Å². The number of rotatable bonds is 5. The Morgan fingerprint density at radius 3 is 2.78 bits per heavy atom. The van der Waals surface area contributed by atoms with Crippen LogP contribution in [0.2, 0.25) is 0 Å². The molecule has 0 bridgehead atoms. The van der Waals surface area contributed by atoms with E-state index < -0.39 is 0 Å². The molecule has 2 unspecified atom stereocenters. The maximum absolute atomic E-state index is 9.42. The van der Waals surface area contributed by atoms with E-state index in [4.69, 9.17) is 4.42 Å². The van der Waals surface area contributed by atoms with Gasteiger partial charge in [0.1, 0.15) is 5.76 Å². The average Bonchev–Trinajstić information content (AvgIpc) is 2.89. The molecule has 3 nitrogen and oxygen atoms in total. The summed E-state index contributed by atoms with van der Waals surface area (Å²) in [5.74, 6) is 0.749. The van der Waals surface area contributed by atoms with Crippen molar-refractivity contribution in [3.05, 3.63) is 58.5 Å². The fourth-order valence-electron chi connectivity index (χ4n) is 1.89. The lowest BCUT2D eigenvalue weighted by molar-refractivity contribution is 0.217. The van der Waals surface area contributed by atoms with Gasteiger partial charge in [-0.1, -0.05) is 28.1 Å². The first-order valence-corrected chi connectivity index (χ1v) is 6.66. The molecule has 2 aromatic rings. The summed E-state index contributed by atoms with van der Waals surface area (Å²) in [5, 5.41) is 12.8. The van der Waals surface area contributed by atoms with Crippen LogP contribution in [0, 0.1) is 0 Å². The third kappa shape index (κ3) is 3.22. The van der Waals surface area contributed by atoms with Crippen LogP contribution in [0.15, 0.2) is 51.6 Å². The highest BCUT2D eigenvalue weighted by Crippen LogP contribution is 2.22. The molecule has 0 aliphatic carbocycles. The van der Waals surface area contributed by atoms with E-state index in [-0.39, 0.29) is 18.7 Å². The summed E-state index contributed by atoms with van der Waals surface area (Å²) in [6, 6.07) is 11.7. The highest BCUT2D eigenvalue weighted by Gasteiger charge is 2.16. The summed E-state index contributed by atoms with van der Waals surface area (Å²) in [4.78, 5) is 0. The summed E-state index contributed by atoms with van der Waals surface area (Å²) in [6.45, 7) is 2.07. The first-order chi connectivity index (χ1) is 8.70. The number of halogens is 1. The lowest BCUT2D eigenvalue weighted by atomic mass is 10.1. The van der Waals surface area contributed by atoms with Crippen LogP contribution in [-0.2, 0) is 0 Å². The van der Waals surface area contributed by atoms with Gasteiger partial charge in [0.25, 0.3) is 0 Å². The molecule has 0 saturated carbocycles. The zero-order chi connectivity index (χ0) is 13.0. The molecular weight excluding hydrogens is 294 g/mol. The van der Waals surface area contributed by atoms with E-state index in [0.29, 0.717) is 0 Å². The molecule has 0 fully saturated rings. The van der Waals surface area contributed by atoms with Crippen molar-refractivity contribution in [3.63, 3.8) is 0 Å². The fourth-order valence-corrected chi connectivity index (χ4v) is 2.31. The van der Waals surface area contributed by atoms with Crippen LogP contribution in [0.5, 0.6) is 0 Å². The number of furan rings is 1. The average molecular weight is 310 g/mol. The van der Waals surface area contributed by atoms with Gasteiger partial charge in [-0.25, -0.2) is 0 Å². The zero-order valence-electron chi connectivity index (χ0n) is 10.1. The summed E-state index contributed by atoms with van der Waals surface area (Å²) in [6.07, 6.45) is 1.61. The molecule has 1 aromatic carbocycles. The molecule has 0 radical (unpaired) electrons. The Bertz CT molecular complexity index is 484. The van der Waals surface area contributed by atoms with Crippen LogP contribution in [-0.4, -0.2) is 11.7 Å². The minimum atomic E-state index is -0.186. The molecular formula is C14H16BrNO2. The number of hydrogen-bond donors (Lipinski definition) is 2. The summed E-state index contributed by atoms with van der Waals surface area (Å²) in [7, 11) is 0. The fraction of sp³-hybridized carbons (Fsp3) is 0.286. The normalized spacial score (nSPS) is 14.4. The molecule has 2 rings (SSSR count). The van der Waals surface area contributed by atoms with Crippen molar-refractivity contribution in [2.24, 2.45) is 0 Å². The van der Waals surface area contributed by atoms with Gasteiger partial charge in [-0.3, -0.25) is 5.32 Å². The van der Waals surface area contributed by atoms with Gasteiger partial charge in [0.05, 0.1) is 18.9 Å². The quantitative estimate of drug-likeness (QED) is 0.889. The van der Waals surface area contributed by atoms with Crippen LogP contribution in [0.1, 0.15) is 30.3 Å². The molecule has 0 spiro atoms. The molecule has 2 atom stereocenters. The smallest absolute Gasteiger partial charge is 0.123 e. The monoisotopic (exact) mass is 309 g/mol. The predicted molar refractivity (Wildman–Crippen MR) is 74.2 cm³/mol. The van der Waals surface area contributed by atoms with Gasteiger partial charge in [0.2, 0.25) is 0 Å². The van der Waals surface area contributed by atoms with Crippen LogP contribution >= 0.6 is 15.9 Å². The molecule has 2 N–H and O–H groups in total. The van der Waals surface area contributed by atoms with Crippen molar-refractivity contribution in [2.45, 2.75) is 19.0 Å². The third-order valence-corrected chi connectivity index (χ3v) is 3.36. The lowest BCUT2D eigenvalue weighted by Crippen LogP contribution is -2.27. The molecule has 0 aliphatic rings. The van der Waals surface area contributed by atoms with E-state index in [1.54, 1.807) is 6.26 Å². The van der Waals surface area contributed by atoms with E-state index in [9.17, 15) is 5.11 Å². The van der Waals surface area contributed by atoms with Gasteiger partial charge in [0.15, 0.2) is 0 Å². The molecule has 1 aromatic heterocycles. The second-order valence-electron chi connectivity index (χ2n) is 4.19. The molecule has 4 heteroatoms. The summed E-state index contributed by atoms with van der Waals surface area (Å²) >= 11 is 3.46. The molecule has 96 valence electrons. The van der Waals surface area contributed by atoms with Crippen LogP contribution in [0.4, 0.5) is 0 Å². The van der Waals surface area contributed by atoms with Crippen LogP contribution in [0.3, 0.4) is 0 Å². The highest BCUT2D eigenvalue weighted by atomic mass is 79.9. The van der Waals surface area contributed by atoms with Gasteiger partial charge in [0, 0.05) is 10.5 Å². The maximum atomic E-state index is 9.42. The molecule has 1 heterocycles. The van der Waals surface area contributed by atoms with E-state index >= 15 is 0 Å². The molecule has 0 aliphatic heterocycles. The largest absolute Gasteiger partial charge is 0.468 e. The Morgan fingerprint density at radius 2 is 2.17 bits per heavy atom. The van der Waals surface area contributed by atoms with Crippen molar-refractivity contribution in [3.8, 4) is 0 Å². The van der Waals surface area contributed by atoms with E-state index in [1.807, 2.05) is 24.3 Å². The third-order valence-electron chi connectivity index (χ3n) is 2.87.